The van der Waals surface area contributed by atoms with Gasteiger partial charge in [-0.05, 0) is 70.5 Å². The van der Waals surface area contributed by atoms with E-state index in [9.17, 15) is 14.4 Å². The minimum Gasteiger partial charge on any atom is -0.340 e. The molecule has 2 atom stereocenters. The van der Waals surface area contributed by atoms with Crippen LogP contribution >= 0.6 is 22.9 Å². The molecule has 0 aromatic carbocycles. The van der Waals surface area contributed by atoms with Crippen molar-refractivity contribution in [1.82, 2.24) is 29.7 Å². The quantitative estimate of drug-likeness (QED) is 0.487. The van der Waals surface area contributed by atoms with Crippen LogP contribution in [0.3, 0.4) is 0 Å². The Hall–Kier alpha value is -3.02. The van der Waals surface area contributed by atoms with Crippen LogP contribution in [-0.2, 0) is 23.3 Å². The molecule has 2 aliphatic carbocycles. The fourth-order valence-corrected chi connectivity index (χ4v) is 8.53. The molecule has 1 saturated heterocycles. The maximum absolute atomic E-state index is 13.8. The molecule has 0 radical (unpaired) electrons. The van der Waals surface area contributed by atoms with Crippen LogP contribution in [0, 0.1) is 5.92 Å². The van der Waals surface area contributed by atoms with Gasteiger partial charge in [0.05, 0.1) is 10.4 Å². The Morgan fingerprint density at radius 1 is 1.23 bits per heavy atom. The van der Waals surface area contributed by atoms with Crippen molar-refractivity contribution in [1.29, 1.82) is 0 Å². The summed E-state index contributed by atoms with van der Waals surface area (Å²) in [6.07, 6.45) is 7.00. The predicted octanol–water partition coefficient (Wildman–Crippen LogP) is 3.49. The summed E-state index contributed by atoms with van der Waals surface area (Å²) in [4.78, 5) is 55.3. The van der Waals surface area contributed by atoms with Gasteiger partial charge in [-0.2, -0.15) is 0 Å². The zero-order chi connectivity index (χ0) is 27.8. The number of nitrogens with one attached hydrogen (secondary N) is 2. The Balaban J connectivity index is 1.20. The molecular formula is C28H32ClN7O3S. The van der Waals surface area contributed by atoms with Crippen molar-refractivity contribution in [3.63, 3.8) is 0 Å². The summed E-state index contributed by atoms with van der Waals surface area (Å²) in [6.45, 7) is 4.61. The Morgan fingerprint density at radius 3 is 2.80 bits per heavy atom. The van der Waals surface area contributed by atoms with Crippen LogP contribution in [0.1, 0.15) is 60.0 Å². The summed E-state index contributed by atoms with van der Waals surface area (Å²) >= 11 is 8.18. The third-order valence-electron chi connectivity index (χ3n) is 9.29. The van der Waals surface area contributed by atoms with Gasteiger partial charge < -0.3 is 20.4 Å². The first-order valence-electron chi connectivity index (χ1n) is 14.1. The number of piperazine rings is 1. The number of rotatable bonds is 3. The highest BCUT2D eigenvalue weighted by atomic mass is 35.5. The van der Waals surface area contributed by atoms with E-state index in [1.54, 1.807) is 15.9 Å². The lowest BCUT2D eigenvalue weighted by Crippen LogP contribution is -2.53. The van der Waals surface area contributed by atoms with E-state index in [4.69, 9.17) is 11.6 Å². The molecule has 12 heteroatoms. The van der Waals surface area contributed by atoms with E-state index in [-0.39, 0.29) is 39.7 Å². The zero-order valence-electron chi connectivity index (χ0n) is 22.6. The molecule has 3 aromatic heterocycles. The van der Waals surface area contributed by atoms with Gasteiger partial charge in [0.1, 0.15) is 34.0 Å². The predicted molar refractivity (Wildman–Crippen MR) is 155 cm³/mol. The molecule has 10 nitrogen and oxygen atoms in total. The van der Waals surface area contributed by atoms with E-state index < -0.39 is 5.66 Å². The Bertz CT molecular complexity index is 1610. The lowest BCUT2D eigenvalue weighted by molar-refractivity contribution is -0.138. The van der Waals surface area contributed by atoms with Crippen molar-refractivity contribution in [2.75, 3.05) is 32.0 Å². The molecule has 5 heterocycles. The van der Waals surface area contributed by atoms with Crippen LogP contribution < -0.4 is 16.2 Å². The van der Waals surface area contributed by atoms with E-state index in [2.05, 4.69) is 39.5 Å². The van der Waals surface area contributed by atoms with Crippen LogP contribution in [-0.4, -0.2) is 68.9 Å². The minimum absolute atomic E-state index is 0.0339. The summed E-state index contributed by atoms with van der Waals surface area (Å²) in [5.41, 5.74) is 0.656. The number of aromatic nitrogens is 3. The molecule has 3 aromatic rings. The number of hydrogen-bond donors (Lipinski definition) is 2. The third kappa shape index (κ3) is 3.96. The second-order valence-corrected chi connectivity index (χ2v) is 13.2. The Kier molecular flexibility index (Phi) is 6.17. The number of halogens is 1. The number of amides is 2. The van der Waals surface area contributed by atoms with E-state index in [1.165, 1.54) is 12.4 Å². The van der Waals surface area contributed by atoms with Crippen LogP contribution in [0.5, 0.6) is 0 Å². The first kappa shape index (κ1) is 25.9. The van der Waals surface area contributed by atoms with Gasteiger partial charge in [-0.1, -0.05) is 11.6 Å². The normalized spacial score (nSPS) is 23.9. The number of nitrogens with zero attached hydrogens (tertiary/aromatic N) is 5. The van der Waals surface area contributed by atoms with Gasteiger partial charge in [0.15, 0.2) is 0 Å². The van der Waals surface area contributed by atoms with Gasteiger partial charge in [-0.15, -0.1) is 11.3 Å². The average molecular weight is 582 g/mol. The molecule has 2 N–H and O–H groups in total. The minimum atomic E-state index is -0.712. The molecule has 0 unspecified atom stereocenters. The maximum Gasteiger partial charge on any atom is 0.276 e. The summed E-state index contributed by atoms with van der Waals surface area (Å²) < 4.78 is 1.56. The Labute approximate surface area is 240 Å². The number of aryl methyl sites for hydroxylation is 1. The molecule has 1 saturated carbocycles. The van der Waals surface area contributed by atoms with Crippen molar-refractivity contribution in [3.8, 4) is 0 Å². The van der Waals surface area contributed by atoms with Crippen molar-refractivity contribution in [3.05, 3.63) is 43.9 Å². The van der Waals surface area contributed by atoms with Crippen LogP contribution in [0.25, 0.3) is 10.2 Å². The van der Waals surface area contributed by atoms with E-state index in [0.29, 0.717) is 31.1 Å². The highest BCUT2D eigenvalue weighted by Crippen LogP contribution is 2.42. The van der Waals surface area contributed by atoms with Crippen molar-refractivity contribution < 1.29 is 9.59 Å². The number of hydrogen-bond acceptors (Lipinski definition) is 8. The number of carbonyl (C=O) groups is 2. The van der Waals surface area contributed by atoms with Gasteiger partial charge >= 0.3 is 0 Å². The lowest BCUT2D eigenvalue weighted by Gasteiger charge is -2.39. The first-order chi connectivity index (χ1) is 19.3. The SMILES string of the molecule is C[C@@H]1CN(C(=O)[C@H]2CCc3c(sc4ncnc(Nc5cc(Cl)c6n(c5=O)C5(CCCC5)NC6=O)c34)C2)CCN1C. The topological polar surface area (TPSA) is 112 Å². The number of likely N-dealkylation sites (N-methyl/N-ethyl adjacent to an activating group) is 1. The van der Waals surface area contributed by atoms with Gasteiger partial charge in [0.2, 0.25) is 5.91 Å². The number of anilines is 2. The zero-order valence-corrected chi connectivity index (χ0v) is 24.2. The van der Waals surface area contributed by atoms with E-state index in [0.717, 1.165) is 66.0 Å². The maximum atomic E-state index is 13.8. The fraction of sp³-hybridized carbons (Fsp3) is 0.536. The Morgan fingerprint density at radius 2 is 2.02 bits per heavy atom. The number of carbonyl (C=O) groups excluding carboxylic acids is 2. The van der Waals surface area contributed by atoms with Gasteiger partial charge in [-0.25, -0.2) is 9.97 Å². The molecule has 2 aliphatic heterocycles. The number of thiophene rings is 1. The molecule has 210 valence electrons. The molecule has 7 rings (SSSR count). The average Bonchev–Trinajstić information content (AvgIpc) is 3.63. The molecule has 0 bridgehead atoms. The largest absolute Gasteiger partial charge is 0.340 e. The van der Waals surface area contributed by atoms with Crippen molar-refractivity contribution in [2.45, 2.75) is 63.6 Å². The standard InChI is InChI=1S/C28H32ClN7O3S/c1-15-13-35(10-9-34(15)2)26(38)16-5-6-17-20(11-16)40-25-21(17)23(30-14-31-25)32-19-12-18(29)22-24(37)33-28(7-3-4-8-28)36(22)27(19)39/h12,14-16H,3-11,13H2,1-2H3,(H,33,37)(H,30,31,32)/t15-,16+/m1/s1. The molecule has 2 fully saturated rings. The third-order valence-corrected chi connectivity index (χ3v) is 10.7. The van der Waals surface area contributed by atoms with E-state index in [1.807, 2.05) is 4.90 Å². The van der Waals surface area contributed by atoms with Crippen LogP contribution in [0.2, 0.25) is 5.02 Å². The highest BCUT2D eigenvalue weighted by molar-refractivity contribution is 7.19. The van der Waals surface area contributed by atoms with Crippen molar-refractivity contribution in [2.24, 2.45) is 5.92 Å². The molecule has 4 aliphatic rings. The highest BCUT2D eigenvalue weighted by Gasteiger charge is 2.47. The summed E-state index contributed by atoms with van der Waals surface area (Å²) in [6, 6.07) is 1.89. The molecule has 2 amide bonds. The second kappa shape index (κ2) is 9.53. The molecular weight excluding hydrogens is 550 g/mol. The number of fused-ring (bicyclic) bond motifs is 5. The molecule has 1 spiro atoms. The summed E-state index contributed by atoms with van der Waals surface area (Å²) in [5.74, 6) is 0.458. The fourth-order valence-electron chi connectivity index (χ4n) is 6.98. The van der Waals surface area contributed by atoms with Crippen LogP contribution in [0.15, 0.2) is 17.2 Å². The van der Waals surface area contributed by atoms with Gasteiger partial charge in [0.25, 0.3) is 11.5 Å². The van der Waals surface area contributed by atoms with Crippen molar-refractivity contribution >= 4 is 56.5 Å². The van der Waals surface area contributed by atoms with Crippen LogP contribution in [0.4, 0.5) is 11.5 Å². The summed E-state index contributed by atoms with van der Waals surface area (Å²) in [5, 5.41) is 7.42. The molecule has 40 heavy (non-hydrogen) atoms. The first-order valence-corrected chi connectivity index (χ1v) is 15.2. The number of pyridine rings is 1. The smallest absolute Gasteiger partial charge is 0.276 e. The lowest BCUT2D eigenvalue weighted by atomic mass is 9.86. The summed E-state index contributed by atoms with van der Waals surface area (Å²) in [7, 11) is 2.11. The van der Waals surface area contributed by atoms with E-state index >= 15 is 0 Å². The van der Waals surface area contributed by atoms with Gasteiger partial charge in [-0.3, -0.25) is 19.0 Å². The second-order valence-electron chi connectivity index (χ2n) is 11.7. The van der Waals surface area contributed by atoms with Gasteiger partial charge in [0, 0.05) is 36.5 Å². The monoisotopic (exact) mass is 581 g/mol.